The van der Waals surface area contributed by atoms with E-state index in [2.05, 4.69) is 0 Å². The largest absolute Gasteiger partial charge is 0.462 e. The van der Waals surface area contributed by atoms with Crippen LogP contribution in [0.25, 0.3) is 0 Å². The molecule has 0 aromatic heterocycles. The number of esters is 1. The molecule has 0 amide bonds. The van der Waals surface area contributed by atoms with Crippen molar-refractivity contribution in [3.05, 3.63) is 68.7 Å². The summed E-state index contributed by atoms with van der Waals surface area (Å²) < 4.78 is 10.8. The van der Waals surface area contributed by atoms with Gasteiger partial charge in [-0.05, 0) is 36.8 Å². The molecule has 1 aliphatic rings. The summed E-state index contributed by atoms with van der Waals surface area (Å²) in [6.45, 7) is 3.48. The lowest BCUT2D eigenvalue weighted by atomic mass is 10.1. The second-order valence-corrected chi connectivity index (χ2v) is 6.47. The fraction of sp³-hybridized carbons (Fsp3) is 0.316. The number of hydrogen-bond donors (Lipinski definition) is 0. The van der Waals surface area contributed by atoms with Crippen LogP contribution >= 0.6 is 11.6 Å². The highest BCUT2D eigenvalue weighted by Gasteiger charge is 2.26. The fourth-order valence-electron chi connectivity index (χ4n) is 3.02. The van der Waals surface area contributed by atoms with E-state index in [-0.39, 0.29) is 24.0 Å². The molecular weight excluding hydrogens is 372 g/mol. The van der Waals surface area contributed by atoms with Gasteiger partial charge in [0.15, 0.2) is 0 Å². The average Bonchev–Trinajstić information content (AvgIpc) is 2.68. The molecular formula is C19H19ClN2O5. The molecule has 3 rings (SSSR count). The van der Waals surface area contributed by atoms with E-state index in [4.69, 9.17) is 21.1 Å². The van der Waals surface area contributed by atoms with E-state index in [1.54, 1.807) is 13.0 Å². The Kier molecular flexibility index (Phi) is 5.93. The summed E-state index contributed by atoms with van der Waals surface area (Å²) in [4.78, 5) is 24.8. The number of halogens is 1. The molecule has 1 aliphatic heterocycles. The van der Waals surface area contributed by atoms with E-state index in [0.29, 0.717) is 30.4 Å². The molecule has 1 atom stereocenters. The molecule has 0 aliphatic carbocycles. The van der Waals surface area contributed by atoms with Crippen molar-refractivity contribution >= 4 is 28.9 Å². The first kappa shape index (κ1) is 19.1. The maximum Gasteiger partial charge on any atom is 0.345 e. The SMILES string of the molecule is CCOC(=O)c1cc(N2CCOC(c3ccc(Cl)cc3)C2)ccc1[N+](=O)[O-]. The van der Waals surface area contributed by atoms with Gasteiger partial charge in [-0.15, -0.1) is 0 Å². The highest BCUT2D eigenvalue weighted by molar-refractivity contribution is 6.30. The molecule has 2 aromatic carbocycles. The Labute approximate surface area is 161 Å². The van der Waals surface area contributed by atoms with E-state index < -0.39 is 10.9 Å². The second-order valence-electron chi connectivity index (χ2n) is 6.04. The molecule has 0 N–H and O–H groups in total. The number of benzene rings is 2. The zero-order valence-corrected chi connectivity index (χ0v) is 15.5. The maximum absolute atomic E-state index is 12.1. The highest BCUT2D eigenvalue weighted by Crippen LogP contribution is 2.30. The van der Waals surface area contributed by atoms with Crippen LogP contribution in [-0.2, 0) is 9.47 Å². The summed E-state index contributed by atoms with van der Waals surface area (Å²) >= 11 is 5.94. The van der Waals surface area contributed by atoms with Gasteiger partial charge >= 0.3 is 5.97 Å². The van der Waals surface area contributed by atoms with Crippen LogP contribution in [0, 0.1) is 10.1 Å². The van der Waals surface area contributed by atoms with Crippen LogP contribution < -0.4 is 4.90 Å². The number of morpholine rings is 1. The average molecular weight is 391 g/mol. The summed E-state index contributed by atoms with van der Waals surface area (Å²) in [6, 6.07) is 11.9. The van der Waals surface area contributed by atoms with Gasteiger partial charge < -0.3 is 14.4 Å². The van der Waals surface area contributed by atoms with Gasteiger partial charge in [0.1, 0.15) is 11.7 Å². The van der Waals surface area contributed by atoms with Gasteiger partial charge in [0.25, 0.3) is 5.69 Å². The number of nitrogens with zero attached hydrogens (tertiary/aromatic N) is 2. The van der Waals surface area contributed by atoms with E-state index in [9.17, 15) is 14.9 Å². The lowest BCUT2D eigenvalue weighted by molar-refractivity contribution is -0.385. The fourth-order valence-corrected chi connectivity index (χ4v) is 3.14. The molecule has 2 aromatic rings. The summed E-state index contributed by atoms with van der Waals surface area (Å²) in [7, 11) is 0. The van der Waals surface area contributed by atoms with Crippen molar-refractivity contribution in [3.8, 4) is 0 Å². The van der Waals surface area contributed by atoms with Crippen LogP contribution in [0.5, 0.6) is 0 Å². The summed E-state index contributed by atoms with van der Waals surface area (Å²) in [5, 5.41) is 11.9. The Bertz CT molecular complexity index is 840. The van der Waals surface area contributed by atoms with Gasteiger partial charge in [-0.3, -0.25) is 10.1 Å². The molecule has 0 saturated carbocycles. The Morgan fingerprint density at radius 1 is 1.33 bits per heavy atom. The molecule has 142 valence electrons. The third kappa shape index (κ3) is 4.37. The first-order valence-corrected chi connectivity index (χ1v) is 8.95. The second kappa shape index (κ2) is 8.37. The maximum atomic E-state index is 12.1. The number of anilines is 1. The van der Waals surface area contributed by atoms with Gasteiger partial charge in [0.05, 0.1) is 18.1 Å². The van der Waals surface area contributed by atoms with E-state index in [0.717, 1.165) is 5.56 Å². The molecule has 0 radical (unpaired) electrons. The zero-order valence-electron chi connectivity index (χ0n) is 14.8. The smallest absolute Gasteiger partial charge is 0.345 e. The van der Waals surface area contributed by atoms with Gasteiger partial charge in [-0.25, -0.2) is 4.79 Å². The Morgan fingerprint density at radius 3 is 2.74 bits per heavy atom. The van der Waals surface area contributed by atoms with Crippen LogP contribution in [0.1, 0.15) is 28.9 Å². The molecule has 1 saturated heterocycles. The number of nitro benzene ring substituents is 1. The van der Waals surface area contributed by atoms with Crippen molar-refractivity contribution in [2.24, 2.45) is 0 Å². The number of nitro groups is 1. The molecule has 1 fully saturated rings. The summed E-state index contributed by atoms with van der Waals surface area (Å²) in [5.74, 6) is -0.700. The lowest BCUT2D eigenvalue weighted by Crippen LogP contribution is -2.38. The quantitative estimate of drug-likeness (QED) is 0.436. The van der Waals surface area contributed by atoms with Crippen LogP contribution in [0.4, 0.5) is 11.4 Å². The minimum absolute atomic E-state index is 0.0473. The minimum Gasteiger partial charge on any atom is -0.462 e. The Balaban J connectivity index is 1.86. The third-order valence-electron chi connectivity index (χ3n) is 4.35. The van der Waals surface area contributed by atoms with Crippen molar-refractivity contribution in [1.29, 1.82) is 0 Å². The number of rotatable bonds is 5. The number of carbonyl (C=O) groups excluding carboxylic acids is 1. The van der Waals surface area contributed by atoms with E-state index >= 15 is 0 Å². The molecule has 27 heavy (non-hydrogen) atoms. The molecule has 0 spiro atoms. The number of ether oxygens (including phenoxy) is 2. The standard InChI is InChI=1S/C19H19ClN2O5/c1-2-26-19(23)16-11-15(7-8-17(16)22(24)25)21-9-10-27-18(12-21)13-3-5-14(20)6-4-13/h3-8,11,18H,2,9-10,12H2,1H3. The Hall–Kier alpha value is -2.64. The monoisotopic (exact) mass is 390 g/mol. The predicted molar refractivity (Wildman–Crippen MR) is 101 cm³/mol. The Morgan fingerprint density at radius 2 is 2.07 bits per heavy atom. The predicted octanol–water partition coefficient (Wildman–Crippen LogP) is 4.00. The van der Waals surface area contributed by atoms with Crippen LogP contribution in [-0.4, -0.2) is 37.2 Å². The molecule has 1 unspecified atom stereocenters. The molecule has 7 nitrogen and oxygen atoms in total. The first-order valence-electron chi connectivity index (χ1n) is 8.57. The third-order valence-corrected chi connectivity index (χ3v) is 4.60. The highest BCUT2D eigenvalue weighted by atomic mass is 35.5. The number of carbonyl (C=O) groups is 1. The zero-order chi connectivity index (χ0) is 19.4. The van der Waals surface area contributed by atoms with E-state index in [1.807, 2.05) is 29.2 Å². The normalized spacial score (nSPS) is 16.8. The van der Waals surface area contributed by atoms with Crippen LogP contribution in [0.15, 0.2) is 42.5 Å². The lowest BCUT2D eigenvalue weighted by Gasteiger charge is -2.35. The first-order chi connectivity index (χ1) is 13.0. The van der Waals surface area contributed by atoms with Gasteiger partial charge in [-0.2, -0.15) is 0 Å². The topological polar surface area (TPSA) is 81.9 Å². The molecule has 8 heteroatoms. The van der Waals surface area contributed by atoms with Crippen molar-refractivity contribution in [2.45, 2.75) is 13.0 Å². The summed E-state index contributed by atoms with van der Waals surface area (Å²) in [5.41, 5.74) is 1.40. The van der Waals surface area contributed by atoms with Crippen molar-refractivity contribution in [3.63, 3.8) is 0 Å². The van der Waals surface area contributed by atoms with Gasteiger partial charge in [0.2, 0.25) is 0 Å². The molecule has 1 heterocycles. The number of hydrogen-bond acceptors (Lipinski definition) is 6. The van der Waals surface area contributed by atoms with Crippen molar-refractivity contribution in [1.82, 2.24) is 0 Å². The van der Waals surface area contributed by atoms with Crippen LogP contribution in [0.2, 0.25) is 5.02 Å². The van der Waals surface area contributed by atoms with Crippen molar-refractivity contribution in [2.75, 3.05) is 31.2 Å². The van der Waals surface area contributed by atoms with Gasteiger partial charge in [0, 0.05) is 29.9 Å². The molecule has 0 bridgehead atoms. The van der Waals surface area contributed by atoms with Crippen molar-refractivity contribution < 1.29 is 19.2 Å². The van der Waals surface area contributed by atoms with Gasteiger partial charge in [-0.1, -0.05) is 23.7 Å². The minimum atomic E-state index is -0.700. The van der Waals surface area contributed by atoms with Crippen LogP contribution in [0.3, 0.4) is 0 Å². The summed E-state index contributed by atoms with van der Waals surface area (Å²) in [6.07, 6.45) is -0.155. The van der Waals surface area contributed by atoms with E-state index in [1.165, 1.54) is 12.1 Å².